The molecule has 5 rings (SSSR count). The second kappa shape index (κ2) is 11.8. The molecule has 0 saturated heterocycles. The van der Waals surface area contributed by atoms with Crippen molar-refractivity contribution in [2.75, 3.05) is 19.0 Å². The number of nitrogens with one attached hydrogen (secondary N) is 1. The molecule has 5 aromatic rings. The molecule has 216 valence electrons. The van der Waals surface area contributed by atoms with Crippen LogP contribution in [-0.2, 0) is 7.05 Å². The molecular formula is C31H29FN4O6. The average Bonchev–Trinajstić information content (AvgIpc) is 3.20. The third-order valence-corrected chi connectivity index (χ3v) is 6.66. The zero-order valence-electron chi connectivity index (χ0n) is 23.4. The number of aromatic nitrogens is 3. The van der Waals surface area contributed by atoms with Crippen molar-refractivity contribution in [1.29, 1.82) is 0 Å². The maximum atomic E-state index is 15.2. The highest BCUT2D eigenvalue weighted by Crippen LogP contribution is 2.38. The Labute approximate surface area is 240 Å². The fourth-order valence-corrected chi connectivity index (χ4v) is 4.50. The van der Waals surface area contributed by atoms with Gasteiger partial charge in [-0.05, 0) is 50.2 Å². The Bertz CT molecular complexity index is 1830. The van der Waals surface area contributed by atoms with Crippen LogP contribution in [0.2, 0.25) is 0 Å². The summed E-state index contributed by atoms with van der Waals surface area (Å²) in [7, 11) is 3.17. The molecule has 2 aromatic heterocycles. The van der Waals surface area contributed by atoms with E-state index >= 15 is 4.39 Å². The van der Waals surface area contributed by atoms with Crippen molar-refractivity contribution in [2.24, 2.45) is 7.05 Å². The van der Waals surface area contributed by atoms with Crippen LogP contribution in [0.1, 0.15) is 23.0 Å². The Morgan fingerprint density at radius 3 is 2.50 bits per heavy atom. The van der Waals surface area contributed by atoms with Crippen molar-refractivity contribution in [2.45, 2.75) is 20.0 Å². The number of methoxy groups -OCH3 is 1. The molecule has 0 spiro atoms. The number of rotatable bonds is 9. The number of carbonyl (C=O) groups excluding carboxylic acids is 1. The number of hydrogen-bond donors (Lipinski definition) is 2. The van der Waals surface area contributed by atoms with Gasteiger partial charge in [0, 0.05) is 36.5 Å². The van der Waals surface area contributed by atoms with Crippen molar-refractivity contribution < 1.29 is 28.5 Å². The van der Waals surface area contributed by atoms with Crippen molar-refractivity contribution in [3.8, 4) is 28.7 Å². The van der Waals surface area contributed by atoms with E-state index in [0.29, 0.717) is 39.5 Å². The lowest BCUT2D eigenvalue weighted by Gasteiger charge is -2.15. The van der Waals surface area contributed by atoms with Gasteiger partial charge in [-0.25, -0.2) is 9.07 Å². The number of fused-ring (bicyclic) bond motifs is 1. The molecule has 11 heteroatoms. The first-order valence-electron chi connectivity index (χ1n) is 13.1. The quantitative estimate of drug-likeness (QED) is 0.256. The van der Waals surface area contributed by atoms with E-state index < -0.39 is 23.4 Å². The van der Waals surface area contributed by atoms with Crippen LogP contribution in [0.25, 0.3) is 16.6 Å². The van der Waals surface area contributed by atoms with E-state index in [1.54, 1.807) is 68.0 Å². The number of pyridine rings is 1. The summed E-state index contributed by atoms with van der Waals surface area (Å²) in [6.45, 7) is 3.34. The van der Waals surface area contributed by atoms with Gasteiger partial charge < -0.3 is 24.6 Å². The zero-order chi connectivity index (χ0) is 30.0. The Hall–Kier alpha value is -5.16. The van der Waals surface area contributed by atoms with Crippen molar-refractivity contribution >= 4 is 22.5 Å². The van der Waals surface area contributed by atoms with Gasteiger partial charge in [0.05, 0.1) is 30.1 Å². The molecule has 0 bridgehead atoms. The maximum Gasteiger partial charge on any atom is 0.284 e. The standard InChI is InChI=1S/C31H29FN4O6/c1-18(37)17-41-28-16-24-22(15-27(28)40-4)25(12-13-33-24)42-26-11-10-20(14-23(26)32)34-30(38)29-19(2)35(3)36(31(29)39)21-8-6-5-7-9-21/h5-16,18,37H,17H2,1-4H3,(H,34,38). The summed E-state index contributed by atoms with van der Waals surface area (Å²) in [5.74, 6) is -0.369. The molecule has 1 unspecified atom stereocenters. The number of hydrogen-bond acceptors (Lipinski definition) is 7. The third kappa shape index (κ3) is 5.54. The maximum absolute atomic E-state index is 15.2. The molecule has 1 atom stereocenters. The highest BCUT2D eigenvalue weighted by molar-refractivity contribution is 6.05. The Balaban J connectivity index is 1.39. The van der Waals surface area contributed by atoms with E-state index in [9.17, 15) is 14.7 Å². The summed E-state index contributed by atoms with van der Waals surface area (Å²) in [4.78, 5) is 30.6. The topological polar surface area (TPSA) is 117 Å². The molecule has 1 amide bonds. The lowest BCUT2D eigenvalue weighted by molar-refractivity contribution is 0.102. The molecule has 42 heavy (non-hydrogen) atoms. The van der Waals surface area contributed by atoms with Crippen LogP contribution in [0.3, 0.4) is 0 Å². The monoisotopic (exact) mass is 572 g/mol. The van der Waals surface area contributed by atoms with Crippen LogP contribution in [-0.4, -0.2) is 45.2 Å². The summed E-state index contributed by atoms with van der Waals surface area (Å²) < 4.78 is 35.1. The zero-order valence-corrected chi connectivity index (χ0v) is 23.4. The van der Waals surface area contributed by atoms with Gasteiger partial charge in [0.25, 0.3) is 11.5 Å². The minimum absolute atomic E-state index is 0.0453. The van der Waals surface area contributed by atoms with E-state index in [4.69, 9.17) is 14.2 Å². The number of amides is 1. The van der Waals surface area contributed by atoms with Crippen LogP contribution >= 0.6 is 0 Å². The van der Waals surface area contributed by atoms with E-state index in [1.807, 2.05) is 6.07 Å². The number of aliphatic hydroxyl groups is 1. The molecule has 0 saturated carbocycles. The van der Waals surface area contributed by atoms with Crippen LogP contribution in [0.15, 0.2) is 77.7 Å². The highest BCUT2D eigenvalue weighted by atomic mass is 19.1. The number of benzene rings is 3. The molecule has 2 N–H and O–H groups in total. The largest absolute Gasteiger partial charge is 0.493 e. The van der Waals surface area contributed by atoms with Crippen LogP contribution in [0, 0.1) is 12.7 Å². The van der Waals surface area contributed by atoms with Crippen LogP contribution in [0.5, 0.6) is 23.0 Å². The SMILES string of the molecule is COc1cc2c(Oc3ccc(NC(=O)c4c(C)n(C)n(-c5ccccc5)c4=O)cc3F)ccnc2cc1OCC(C)O. The Kier molecular flexibility index (Phi) is 7.94. The molecule has 0 fully saturated rings. The summed E-state index contributed by atoms with van der Waals surface area (Å²) in [5, 5.41) is 12.7. The van der Waals surface area contributed by atoms with E-state index in [1.165, 1.54) is 30.1 Å². The average molecular weight is 573 g/mol. The smallest absolute Gasteiger partial charge is 0.284 e. The minimum atomic E-state index is -0.729. The highest BCUT2D eigenvalue weighted by Gasteiger charge is 2.23. The number of anilines is 1. The van der Waals surface area contributed by atoms with Gasteiger partial charge in [0.2, 0.25) is 0 Å². The second-order valence-electron chi connectivity index (χ2n) is 9.63. The Morgan fingerprint density at radius 1 is 1.05 bits per heavy atom. The number of halogens is 1. The molecule has 10 nitrogen and oxygen atoms in total. The second-order valence-corrected chi connectivity index (χ2v) is 9.63. The summed E-state index contributed by atoms with van der Waals surface area (Å²) in [5.41, 5.74) is 1.21. The molecular weight excluding hydrogens is 543 g/mol. The van der Waals surface area contributed by atoms with E-state index in [-0.39, 0.29) is 23.6 Å². The fraction of sp³-hybridized carbons (Fsp3) is 0.194. The Morgan fingerprint density at radius 2 is 1.81 bits per heavy atom. The first kappa shape index (κ1) is 28.4. The van der Waals surface area contributed by atoms with Crippen molar-refractivity contribution in [3.63, 3.8) is 0 Å². The predicted octanol–water partition coefficient (Wildman–Crippen LogP) is 4.98. The van der Waals surface area contributed by atoms with Gasteiger partial charge in [-0.15, -0.1) is 0 Å². The molecule has 0 aliphatic rings. The van der Waals surface area contributed by atoms with Gasteiger partial charge >= 0.3 is 0 Å². The fourth-order valence-electron chi connectivity index (χ4n) is 4.50. The van der Waals surface area contributed by atoms with Crippen molar-refractivity contribution in [1.82, 2.24) is 14.3 Å². The first-order chi connectivity index (χ1) is 20.2. The van der Waals surface area contributed by atoms with Gasteiger partial charge in [-0.1, -0.05) is 18.2 Å². The normalized spacial score (nSPS) is 11.8. The summed E-state index contributed by atoms with van der Waals surface area (Å²) >= 11 is 0. The summed E-state index contributed by atoms with van der Waals surface area (Å²) in [6, 6.07) is 17.8. The number of para-hydroxylation sites is 1. The van der Waals surface area contributed by atoms with Crippen LogP contribution in [0.4, 0.5) is 10.1 Å². The van der Waals surface area contributed by atoms with Gasteiger partial charge in [-0.3, -0.25) is 19.3 Å². The number of aliphatic hydroxyl groups excluding tert-OH is 1. The number of ether oxygens (including phenoxy) is 3. The lowest BCUT2D eigenvalue weighted by atomic mass is 10.1. The molecule has 0 aliphatic carbocycles. The number of nitrogens with zero attached hydrogens (tertiary/aromatic N) is 3. The summed E-state index contributed by atoms with van der Waals surface area (Å²) in [6.07, 6.45) is 0.841. The molecule has 0 radical (unpaired) electrons. The molecule has 3 aromatic carbocycles. The number of carbonyl (C=O) groups is 1. The molecule has 2 heterocycles. The van der Waals surface area contributed by atoms with Crippen LogP contribution < -0.4 is 25.1 Å². The predicted molar refractivity (Wildman–Crippen MR) is 156 cm³/mol. The van der Waals surface area contributed by atoms with Gasteiger partial charge in [0.15, 0.2) is 23.1 Å². The third-order valence-electron chi connectivity index (χ3n) is 6.66. The van der Waals surface area contributed by atoms with E-state index in [2.05, 4.69) is 10.3 Å². The minimum Gasteiger partial charge on any atom is -0.493 e. The van der Waals surface area contributed by atoms with Gasteiger partial charge in [0.1, 0.15) is 17.9 Å². The van der Waals surface area contributed by atoms with Gasteiger partial charge in [-0.2, -0.15) is 0 Å². The van der Waals surface area contributed by atoms with Crippen molar-refractivity contribution in [3.05, 3.63) is 100 Å². The molecule has 0 aliphatic heterocycles. The first-order valence-corrected chi connectivity index (χ1v) is 13.1. The lowest BCUT2D eigenvalue weighted by Crippen LogP contribution is -2.25. The van der Waals surface area contributed by atoms with E-state index in [0.717, 1.165) is 6.07 Å².